The van der Waals surface area contributed by atoms with Gasteiger partial charge in [0.1, 0.15) is 0 Å². The van der Waals surface area contributed by atoms with E-state index in [2.05, 4.69) is 47.5 Å². The van der Waals surface area contributed by atoms with E-state index in [-0.39, 0.29) is 6.04 Å². The van der Waals surface area contributed by atoms with Crippen LogP contribution in [0.1, 0.15) is 35.5 Å². The van der Waals surface area contributed by atoms with Gasteiger partial charge in [0.25, 0.3) is 0 Å². The minimum Gasteiger partial charge on any atom is -0.320 e. The molecule has 3 aromatic rings. The Labute approximate surface area is 124 Å². The van der Waals surface area contributed by atoms with Crippen LogP contribution in [-0.2, 0) is 6.42 Å². The number of benzene rings is 2. The van der Waals surface area contributed by atoms with E-state index in [9.17, 15) is 0 Å². The van der Waals surface area contributed by atoms with E-state index in [0.29, 0.717) is 0 Å². The number of aryl methyl sites for hydroxylation is 2. The molecule has 0 saturated carbocycles. The molecule has 0 aliphatic heterocycles. The summed E-state index contributed by atoms with van der Waals surface area (Å²) < 4.78 is 0. The number of rotatable bonds is 3. The van der Waals surface area contributed by atoms with Gasteiger partial charge in [-0.3, -0.25) is 0 Å². The van der Waals surface area contributed by atoms with Crippen molar-refractivity contribution < 1.29 is 0 Å². The maximum Gasteiger partial charge on any atom is 0.0679 e. The topological polar surface area (TPSA) is 51.8 Å². The van der Waals surface area contributed by atoms with Crippen molar-refractivity contribution >= 4 is 10.8 Å². The second-order valence-corrected chi connectivity index (χ2v) is 5.33. The summed E-state index contributed by atoms with van der Waals surface area (Å²) in [7, 11) is 0. The van der Waals surface area contributed by atoms with Gasteiger partial charge in [-0.05, 0) is 47.4 Å². The first-order valence-corrected chi connectivity index (χ1v) is 7.26. The average molecular weight is 277 g/mol. The predicted octanol–water partition coefficient (Wildman–Crippen LogP) is 3.55. The molecule has 2 aromatic carbocycles. The van der Waals surface area contributed by atoms with Crippen LogP contribution in [0.2, 0.25) is 0 Å². The van der Waals surface area contributed by atoms with Crippen LogP contribution in [0, 0.1) is 6.92 Å². The minimum atomic E-state index is -0.168. The van der Waals surface area contributed by atoms with E-state index >= 15 is 0 Å². The van der Waals surface area contributed by atoms with Crippen molar-refractivity contribution in [2.24, 2.45) is 5.73 Å². The Morgan fingerprint density at radius 2 is 1.76 bits per heavy atom. The van der Waals surface area contributed by atoms with Crippen molar-refractivity contribution in [1.29, 1.82) is 0 Å². The van der Waals surface area contributed by atoms with Crippen LogP contribution in [0.4, 0.5) is 0 Å². The molecule has 21 heavy (non-hydrogen) atoms. The van der Waals surface area contributed by atoms with E-state index in [1.54, 1.807) is 0 Å². The zero-order valence-corrected chi connectivity index (χ0v) is 12.4. The fourth-order valence-corrected chi connectivity index (χ4v) is 2.66. The Bertz CT molecular complexity index is 780. The van der Waals surface area contributed by atoms with Crippen LogP contribution >= 0.6 is 0 Å². The lowest BCUT2D eigenvalue weighted by atomic mass is 9.95. The van der Waals surface area contributed by atoms with Gasteiger partial charge in [-0.15, -0.1) is 0 Å². The summed E-state index contributed by atoms with van der Waals surface area (Å²) >= 11 is 0. The van der Waals surface area contributed by atoms with Crippen molar-refractivity contribution in [3.8, 4) is 0 Å². The van der Waals surface area contributed by atoms with Gasteiger partial charge in [0, 0.05) is 0 Å². The summed E-state index contributed by atoms with van der Waals surface area (Å²) in [5.74, 6) is 0. The van der Waals surface area contributed by atoms with Gasteiger partial charge < -0.3 is 5.73 Å². The maximum atomic E-state index is 6.48. The van der Waals surface area contributed by atoms with E-state index < -0.39 is 0 Å². The molecule has 3 rings (SSSR count). The van der Waals surface area contributed by atoms with E-state index in [1.165, 1.54) is 10.8 Å². The summed E-state index contributed by atoms with van der Waals surface area (Å²) in [6.07, 6.45) is 0.837. The number of fused-ring (bicyclic) bond motifs is 1. The summed E-state index contributed by atoms with van der Waals surface area (Å²) in [6.45, 7) is 4.03. The van der Waals surface area contributed by atoms with Crippen LogP contribution in [0.5, 0.6) is 0 Å². The van der Waals surface area contributed by atoms with Crippen LogP contribution in [-0.4, -0.2) is 10.2 Å². The van der Waals surface area contributed by atoms with Gasteiger partial charge in [-0.2, -0.15) is 10.2 Å². The van der Waals surface area contributed by atoms with Crippen molar-refractivity contribution in [1.82, 2.24) is 10.2 Å². The number of aromatic nitrogens is 2. The Balaban J connectivity index is 2.07. The first kappa shape index (κ1) is 13.7. The second kappa shape index (κ2) is 5.62. The van der Waals surface area contributed by atoms with Crippen molar-refractivity contribution in [3.63, 3.8) is 0 Å². The lowest BCUT2D eigenvalue weighted by Crippen LogP contribution is -2.16. The summed E-state index contributed by atoms with van der Waals surface area (Å²) in [6, 6.07) is 16.6. The molecule has 0 aliphatic rings. The molecule has 2 N–H and O–H groups in total. The molecule has 0 bridgehead atoms. The first-order chi connectivity index (χ1) is 10.2. The molecular weight excluding hydrogens is 258 g/mol. The van der Waals surface area contributed by atoms with Crippen LogP contribution in [0.25, 0.3) is 10.8 Å². The molecule has 0 saturated heterocycles. The van der Waals surface area contributed by atoms with Crippen LogP contribution in [0.3, 0.4) is 0 Å². The van der Waals surface area contributed by atoms with Crippen molar-refractivity contribution in [2.45, 2.75) is 26.3 Å². The number of hydrogen-bond acceptors (Lipinski definition) is 3. The molecule has 1 aromatic heterocycles. The predicted molar refractivity (Wildman–Crippen MR) is 86.1 cm³/mol. The summed E-state index contributed by atoms with van der Waals surface area (Å²) in [5.41, 5.74) is 10.5. The third-order valence-electron chi connectivity index (χ3n) is 3.83. The Hall–Kier alpha value is -2.26. The molecule has 0 fully saturated rings. The molecule has 0 spiro atoms. The van der Waals surface area contributed by atoms with Gasteiger partial charge in [0.05, 0.1) is 17.4 Å². The Morgan fingerprint density at radius 1 is 1.00 bits per heavy atom. The lowest BCUT2D eigenvalue weighted by molar-refractivity contribution is 0.790. The summed E-state index contributed by atoms with van der Waals surface area (Å²) in [5, 5.41) is 10.8. The highest BCUT2D eigenvalue weighted by atomic mass is 15.1. The van der Waals surface area contributed by atoms with Crippen molar-refractivity contribution in [3.05, 3.63) is 71.0 Å². The van der Waals surface area contributed by atoms with Gasteiger partial charge in [0.15, 0.2) is 0 Å². The highest BCUT2D eigenvalue weighted by molar-refractivity contribution is 5.83. The maximum absolute atomic E-state index is 6.48. The number of nitrogens with zero attached hydrogens (tertiary/aromatic N) is 2. The molecule has 0 amide bonds. The SMILES string of the molecule is CCc1nnc(C)cc1C(N)c1ccc2ccccc2c1. The van der Waals surface area contributed by atoms with Gasteiger partial charge >= 0.3 is 0 Å². The Morgan fingerprint density at radius 3 is 2.52 bits per heavy atom. The molecule has 1 unspecified atom stereocenters. The fourth-order valence-electron chi connectivity index (χ4n) is 2.66. The normalized spacial score (nSPS) is 12.5. The van der Waals surface area contributed by atoms with Crippen LogP contribution in [0.15, 0.2) is 48.5 Å². The third kappa shape index (κ3) is 2.65. The molecule has 3 heteroatoms. The zero-order chi connectivity index (χ0) is 14.8. The van der Waals surface area contributed by atoms with Crippen molar-refractivity contribution in [2.75, 3.05) is 0 Å². The largest absolute Gasteiger partial charge is 0.320 e. The zero-order valence-electron chi connectivity index (χ0n) is 12.4. The highest BCUT2D eigenvalue weighted by Crippen LogP contribution is 2.25. The first-order valence-electron chi connectivity index (χ1n) is 7.26. The minimum absolute atomic E-state index is 0.168. The third-order valence-corrected chi connectivity index (χ3v) is 3.83. The molecule has 3 nitrogen and oxygen atoms in total. The molecule has 0 aliphatic carbocycles. The molecule has 1 atom stereocenters. The monoisotopic (exact) mass is 277 g/mol. The molecule has 106 valence electrons. The standard InChI is InChI=1S/C18H19N3/c1-3-17-16(10-12(2)20-21-17)18(19)15-9-8-13-6-4-5-7-14(13)11-15/h4-11,18H,3,19H2,1-2H3. The van der Waals surface area contributed by atoms with Gasteiger partial charge in [-0.25, -0.2) is 0 Å². The van der Waals surface area contributed by atoms with Gasteiger partial charge in [0.2, 0.25) is 0 Å². The number of nitrogens with two attached hydrogens (primary N) is 1. The Kier molecular flexibility index (Phi) is 3.67. The smallest absolute Gasteiger partial charge is 0.0679 e. The molecular formula is C18H19N3. The average Bonchev–Trinajstić information content (AvgIpc) is 2.53. The molecule has 1 heterocycles. The van der Waals surface area contributed by atoms with Gasteiger partial charge in [-0.1, -0.05) is 43.3 Å². The van der Waals surface area contributed by atoms with Crippen LogP contribution < -0.4 is 5.73 Å². The molecule has 0 radical (unpaired) electrons. The van der Waals surface area contributed by atoms with E-state index in [4.69, 9.17) is 5.73 Å². The quantitative estimate of drug-likeness (QED) is 0.796. The van der Waals surface area contributed by atoms with E-state index in [0.717, 1.165) is 28.9 Å². The lowest BCUT2D eigenvalue weighted by Gasteiger charge is -2.16. The second-order valence-electron chi connectivity index (χ2n) is 5.33. The number of hydrogen-bond donors (Lipinski definition) is 1. The summed E-state index contributed by atoms with van der Waals surface area (Å²) in [4.78, 5) is 0. The van der Waals surface area contributed by atoms with E-state index in [1.807, 2.05) is 25.1 Å². The fraction of sp³-hybridized carbons (Fsp3) is 0.222. The highest BCUT2D eigenvalue weighted by Gasteiger charge is 2.15.